The maximum Gasteiger partial charge on any atom is 0.341 e. The van der Waals surface area contributed by atoms with E-state index in [1.54, 1.807) is 48.5 Å². The standard InChI is InChI=1S/C42H39N3O5S2/c1-27-15-12-13-20-30(27)25-34(44-38(46)29-18-8-4-9-19-29)39(47)43-31-21-14-22-32(26-31)51-37(28-16-6-3-7-17-28)40(48)45-41-36(42(49)50-2)33-23-10-5-11-24-35(33)52-41/h3-4,6-9,12-22,25-26,37H,5,10-11,23-24H2,1-2H3,(H,43,47)(H,44,46)(H,45,48)/b34-25-. The number of amides is 3. The zero-order valence-corrected chi connectivity index (χ0v) is 30.6. The van der Waals surface area contributed by atoms with Crippen molar-refractivity contribution in [3.63, 3.8) is 0 Å². The topological polar surface area (TPSA) is 114 Å². The normalized spacial score (nSPS) is 13.2. The molecule has 1 unspecified atom stereocenters. The molecule has 1 aliphatic carbocycles. The molecule has 1 atom stereocenters. The molecule has 52 heavy (non-hydrogen) atoms. The van der Waals surface area contributed by atoms with Crippen molar-refractivity contribution in [1.29, 1.82) is 0 Å². The summed E-state index contributed by atoms with van der Waals surface area (Å²) in [5.74, 6) is -1.63. The Morgan fingerprint density at radius 1 is 0.808 bits per heavy atom. The average molecular weight is 730 g/mol. The van der Waals surface area contributed by atoms with Crippen LogP contribution >= 0.6 is 23.1 Å². The van der Waals surface area contributed by atoms with Gasteiger partial charge in [-0.1, -0.05) is 85.3 Å². The van der Waals surface area contributed by atoms with Crippen molar-refractivity contribution in [3.05, 3.63) is 153 Å². The van der Waals surface area contributed by atoms with E-state index in [0.29, 0.717) is 21.8 Å². The first kappa shape index (κ1) is 36.3. The molecule has 1 aliphatic rings. The number of methoxy groups -OCH3 is 1. The van der Waals surface area contributed by atoms with Gasteiger partial charge in [-0.25, -0.2) is 4.79 Å². The van der Waals surface area contributed by atoms with E-state index in [4.69, 9.17) is 4.74 Å². The summed E-state index contributed by atoms with van der Waals surface area (Å²) >= 11 is 2.79. The molecule has 4 aromatic carbocycles. The van der Waals surface area contributed by atoms with E-state index in [1.165, 1.54) is 30.2 Å². The third kappa shape index (κ3) is 8.88. The van der Waals surface area contributed by atoms with Crippen LogP contribution in [0.3, 0.4) is 0 Å². The van der Waals surface area contributed by atoms with Crippen molar-refractivity contribution in [2.45, 2.75) is 49.2 Å². The number of aryl methyl sites for hydroxylation is 2. The van der Waals surface area contributed by atoms with Crippen LogP contribution in [0.15, 0.2) is 120 Å². The first-order valence-electron chi connectivity index (χ1n) is 17.1. The molecule has 0 spiro atoms. The van der Waals surface area contributed by atoms with Gasteiger partial charge in [-0.05, 0) is 91.3 Å². The third-order valence-electron chi connectivity index (χ3n) is 8.75. The lowest BCUT2D eigenvalue weighted by atomic mass is 10.1. The highest BCUT2D eigenvalue weighted by atomic mass is 32.2. The van der Waals surface area contributed by atoms with Gasteiger partial charge in [0.25, 0.3) is 11.8 Å². The van der Waals surface area contributed by atoms with Crippen molar-refractivity contribution in [2.75, 3.05) is 17.7 Å². The molecule has 10 heteroatoms. The number of benzene rings is 4. The number of nitrogens with one attached hydrogen (secondary N) is 3. The first-order chi connectivity index (χ1) is 25.3. The Hall–Kier alpha value is -5.45. The zero-order valence-electron chi connectivity index (χ0n) is 28.9. The molecule has 3 amide bonds. The van der Waals surface area contributed by atoms with Gasteiger partial charge in [0.05, 0.1) is 12.7 Å². The molecule has 0 bridgehead atoms. The smallest absolute Gasteiger partial charge is 0.341 e. The number of thioether (sulfide) groups is 1. The van der Waals surface area contributed by atoms with Crippen LogP contribution in [0.4, 0.5) is 10.7 Å². The molecule has 0 saturated carbocycles. The number of carbonyl (C=O) groups is 4. The van der Waals surface area contributed by atoms with E-state index < -0.39 is 23.0 Å². The van der Waals surface area contributed by atoms with E-state index in [1.807, 2.05) is 73.7 Å². The van der Waals surface area contributed by atoms with Crippen LogP contribution in [-0.2, 0) is 27.2 Å². The molecule has 1 heterocycles. The van der Waals surface area contributed by atoms with Crippen molar-refractivity contribution in [2.24, 2.45) is 0 Å². The number of hydrogen-bond acceptors (Lipinski definition) is 7. The second kappa shape index (κ2) is 17.2. The summed E-state index contributed by atoms with van der Waals surface area (Å²) in [5, 5.41) is 8.64. The number of anilines is 2. The second-order valence-corrected chi connectivity index (χ2v) is 14.7. The fourth-order valence-corrected chi connectivity index (χ4v) is 8.42. The summed E-state index contributed by atoms with van der Waals surface area (Å²) in [6.07, 6.45) is 6.43. The highest BCUT2D eigenvalue weighted by Gasteiger charge is 2.29. The maximum absolute atomic E-state index is 14.1. The second-order valence-electron chi connectivity index (χ2n) is 12.4. The predicted molar refractivity (Wildman–Crippen MR) is 209 cm³/mol. The maximum atomic E-state index is 14.1. The Bertz CT molecular complexity index is 2110. The Morgan fingerprint density at radius 3 is 2.27 bits per heavy atom. The lowest BCUT2D eigenvalue weighted by molar-refractivity contribution is -0.116. The molecule has 0 radical (unpaired) electrons. The number of esters is 1. The Kier molecular flexibility index (Phi) is 12.0. The third-order valence-corrected chi connectivity index (χ3v) is 11.2. The fourth-order valence-electron chi connectivity index (χ4n) is 6.06. The van der Waals surface area contributed by atoms with E-state index >= 15 is 0 Å². The zero-order chi connectivity index (χ0) is 36.5. The number of hydrogen-bond donors (Lipinski definition) is 3. The lowest BCUT2D eigenvalue weighted by Crippen LogP contribution is -2.30. The quantitative estimate of drug-likeness (QED) is 0.0542. The average Bonchev–Trinajstić information content (AvgIpc) is 3.33. The highest BCUT2D eigenvalue weighted by molar-refractivity contribution is 8.00. The van der Waals surface area contributed by atoms with Crippen molar-refractivity contribution in [3.8, 4) is 0 Å². The fraction of sp³-hybridized carbons (Fsp3) is 0.190. The molecule has 8 nitrogen and oxygen atoms in total. The Balaban J connectivity index is 1.25. The van der Waals surface area contributed by atoms with Gasteiger partial charge in [-0.15, -0.1) is 23.1 Å². The van der Waals surface area contributed by atoms with Crippen LogP contribution in [0.2, 0.25) is 0 Å². The number of ether oxygens (including phenoxy) is 1. The molecule has 1 aromatic heterocycles. The van der Waals surface area contributed by atoms with E-state index in [-0.39, 0.29) is 11.6 Å². The van der Waals surface area contributed by atoms with Crippen LogP contribution in [0, 0.1) is 6.92 Å². The minimum atomic E-state index is -0.679. The summed E-state index contributed by atoms with van der Waals surface area (Å²) < 4.78 is 5.16. The Labute approximate surface area is 311 Å². The van der Waals surface area contributed by atoms with Crippen molar-refractivity contribution in [1.82, 2.24) is 5.32 Å². The molecular formula is C42H39N3O5S2. The molecule has 0 aliphatic heterocycles. The summed E-state index contributed by atoms with van der Waals surface area (Å²) in [6, 6.07) is 33.0. The molecule has 5 aromatic rings. The van der Waals surface area contributed by atoms with Gasteiger partial charge < -0.3 is 20.7 Å². The number of thiophene rings is 1. The lowest BCUT2D eigenvalue weighted by Gasteiger charge is -2.18. The van der Waals surface area contributed by atoms with Gasteiger partial charge >= 0.3 is 5.97 Å². The largest absolute Gasteiger partial charge is 0.465 e. The van der Waals surface area contributed by atoms with E-state index in [2.05, 4.69) is 16.0 Å². The van der Waals surface area contributed by atoms with Gasteiger partial charge in [0, 0.05) is 21.0 Å². The van der Waals surface area contributed by atoms with Gasteiger partial charge in [0.1, 0.15) is 15.9 Å². The van der Waals surface area contributed by atoms with Crippen molar-refractivity contribution >= 4 is 63.6 Å². The number of carbonyl (C=O) groups excluding carboxylic acids is 4. The molecular weight excluding hydrogens is 691 g/mol. The minimum absolute atomic E-state index is 0.0820. The minimum Gasteiger partial charge on any atom is -0.465 e. The number of rotatable bonds is 11. The molecule has 0 fully saturated rings. The van der Waals surface area contributed by atoms with Crippen LogP contribution in [0.5, 0.6) is 0 Å². The molecule has 0 saturated heterocycles. The Morgan fingerprint density at radius 2 is 1.52 bits per heavy atom. The van der Waals surface area contributed by atoms with Crippen LogP contribution in [0.1, 0.15) is 72.4 Å². The summed E-state index contributed by atoms with van der Waals surface area (Å²) in [6.45, 7) is 1.94. The molecule has 6 rings (SSSR count). The highest BCUT2D eigenvalue weighted by Crippen LogP contribution is 2.41. The van der Waals surface area contributed by atoms with Gasteiger partial charge in [-0.2, -0.15) is 0 Å². The van der Waals surface area contributed by atoms with Gasteiger partial charge in [0.2, 0.25) is 5.91 Å². The first-order valence-corrected chi connectivity index (χ1v) is 18.8. The van der Waals surface area contributed by atoms with Crippen LogP contribution < -0.4 is 16.0 Å². The van der Waals surface area contributed by atoms with Gasteiger partial charge in [0.15, 0.2) is 0 Å². The monoisotopic (exact) mass is 729 g/mol. The van der Waals surface area contributed by atoms with E-state index in [9.17, 15) is 19.2 Å². The van der Waals surface area contributed by atoms with E-state index in [0.717, 1.165) is 64.1 Å². The molecule has 3 N–H and O–H groups in total. The summed E-state index contributed by atoms with van der Waals surface area (Å²) in [5.41, 5.74) is 4.94. The van der Waals surface area contributed by atoms with Crippen LogP contribution in [-0.4, -0.2) is 30.8 Å². The van der Waals surface area contributed by atoms with Crippen LogP contribution in [0.25, 0.3) is 6.08 Å². The molecule has 264 valence electrons. The van der Waals surface area contributed by atoms with Crippen molar-refractivity contribution < 1.29 is 23.9 Å². The number of fused-ring (bicyclic) bond motifs is 1. The summed E-state index contributed by atoms with van der Waals surface area (Å²) in [4.78, 5) is 55.9. The van der Waals surface area contributed by atoms with Gasteiger partial charge in [-0.3, -0.25) is 14.4 Å². The predicted octanol–water partition coefficient (Wildman–Crippen LogP) is 8.99. The SMILES string of the molecule is COC(=O)c1c(NC(=O)C(Sc2cccc(NC(=O)/C(=C/c3ccccc3C)NC(=O)c3ccccc3)c2)c2ccccc2)sc2c1CCCCC2. The summed E-state index contributed by atoms with van der Waals surface area (Å²) in [7, 11) is 1.36.